The number of Topliss-reactive ketones (excluding diaryl/α,β-unsaturated/α-hetero) is 1. The Labute approximate surface area is 88.5 Å². The molecule has 0 amide bonds. The Bertz CT molecular complexity index is 361. The number of carbonyl (C=O) groups is 1. The summed E-state index contributed by atoms with van der Waals surface area (Å²) in [7, 11) is 2.08. The van der Waals surface area contributed by atoms with Gasteiger partial charge in [-0.05, 0) is 26.9 Å². The Hall–Kier alpha value is -1.23. The molecule has 0 aliphatic carbocycles. The maximum atomic E-state index is 10.9. The lowest BCUT2D eigenvalue weighted by molar-refractivity contribution is -0.116. The van der Waals surface area contributed by atoms with Gasteiger partial charge in [-0.25, -0.2) is 0 Å². The second-order valence-corrected chi connectivity index (χ2v) is 4.17. The lowest BCUT2D eigenvalue weighted by atomic mass is 10.1. The van der Waals surface area contributed by atoms with E-state index in [-0.39, 0.29) is 12.2 Å². The second-order valence-electron chi connectivity index (χ2n) is 4.17. The molecule has 1 unspecified atom stereocenters. The number of ketones is 1. The maximum Gasteiger partial charge on any atom is 0.234 e. The van der Waals surface area contributed by atoms with Crippen LogP contribution in [0.3, 0.4) is 0 Å². The largest absolute Gasteiger partial charge is 0.339 e. The van der Waals surface area contributed by atoms with Gasteiger partial charge in [0.1, 0.15) is 5.78 Å². The molecule has 5 heteroatoms. The zero-order valence-corrected chi connectivity index (χ0v) is 9.06. The lowest BCUT2D eigenvalue weighted by Crippen LogP contribution is -2.13. The van der Waals surface area contributed by atoms with Crippen LogP contribution in [0.25, 0.3) is 0 Å². The number of hydrogen-bond donors (Lipinski definition) is 0. The molecule has 2 heterocycles. The van der Waals surface area contributed by atoms with Gasteiger partial charge < -0.3 is 9.42 Å². The molecule has 0 spiro atoms. The molecule has 1 saturated heterocycles. The molecule has 1 atom stereocenters. The molecule has 1 aromatic rings. The molecular formula is C10H15N3O2. The number of rotatable bonds is 3. The van der Waals surface area contributed by atoms with Crippen LogP contribution in [0.15, 0.2) is 4.52 Å². The van der Waals surface area contributed by atoms with Gasteiger partial charge >= 0.3 is 0 Å². The number of aromatic nitrogens is 2. The fraction of sp³-hybridized carbons (Fsp3) is 0.700. The van der Waals surface area contributed by atoms with Gasteiger partial charge in [-0.3, -0.25) is 4.79 Å². The molecule has 0 bridgehead atoms. The van der Waals surface area contributed by atoms with E-state index in [0.29, 0.717) is 11.8 Å². The predicted octanol–water partition coefficient (Wildman–Crippen LogP) is 0.620. The van der Waals surface area contributed by atoms with Crippen molar-refractivity contribution in [2.45, 2.75) is 25.7 Å². The van der Waals surface area contributed by atoms with E-state index >= 15 is 0 Å². The van der Waals surface area contributed by atoms with Gasteiger partial charge in [0.25, 0.3) is 0 Å². The number of likely N-dealkylation sites (tertiary alicyclic amines) is 1. The molecule has 1 aliphatic rings. The highest BCUT2D eigenvalue weighted by Crippen LogP contribution is 2.23. The smallest absolute Gasteiger partial charge is 0.234 e. The lowest BCUT2D eigenvalue weighted by Gasteiger charge is -2.05. The Morgan fingerprint density at radius 1 is 1.67 bits per heavy atom. The van der Waals surface area contributed by atoms with Crippen molar-refractivity contribution in [1.29, 1.82) is 0 Å². The van der Waals surface area contributed by atoms with Gasteiger partial charge in [0, 0.05) is 12.5 Å². The molecule has 1 fully saturated rings. The van der Waals surface area contributed by atoms with Crippen LogP contribution in [-0.4, -0.2) is 41.0 Å². The van der Waals surface area contributed by atoms with Crippen molar-refractivity contribution in [2.75, 3.05) is 20.1 Å². The summed E-state index contributed by atoms with van der Waals surface area (Å²) < 4.78 is 5.02. The molecule has 1 aliphatic heterocycles. The third kappa shape index (κ3) is 2.41. The summed E-state index contributed by atoms with van der Waals surface area (Å²) in [5.74, 6) is 1.59. The first-order valence-electron chi connectivity index (χ1n) is 5.15. The van der Waals surface area contributed by atoms with E-state index < -0.39 is 0 Å². The summed E-state index contributed by atoms with van der Waals surface area (Å²) in [6.45, 7) is 3.56. The molecule has 2 rings (SSSR count). The van der Waals surface area contributed by atoms with E-state index in [9.17, 15) is 4.79 Å². The maximum absolute atomic E-state index is 10.9. The highest BCUT2D eigenvalue weighted by atomic mass is 16.5. The summed E-state index contributed by atoms with van der Waals surface area (Å²) in [6, 6.07) is 0. The summed E-state index contributed by atoms with van der Waals surface area (Å²) in [6.07, 6.45) is 1.31. The SMILES string of the molecule is CC(=O)Cc1nc(C2CCN(C)C2)no1. The molecule has 5 nitrogen and oxygen atoms in total. The standard InChI is InChI=1S/C10H15N3O2/c1-7(14)5-9-11-10(12-15-9)8-3-4-13(2)6-8/h8H,3-6H2,1-2H3. The van der Waals surface area contributed by atoms with Gasteiger partial charge in [0.15, 0.2) is 5.82 Å². The van der Waals surface area contributed by atoms with E-state index in [4.69, 9.17) is 4.52 Å². The molecule has 0 N–H and O–H groups in total. The van der Waals surface area contributed by atoms with Crippen molar-refractivity contribution in [1.82, 2.24) is 15.0 Å². The zero-order valence-electron chi connectivity index (χ0n) is 9.06. The topological polar surface area (TPSA) is 59.2 Å². The van der Waals surface area contributed by atoms with Gasteiger partial charge in [-0.15, -0.1) is 0 Å². The first-order valence-corrected chi connectivity index (χ1v) is 5.15. The van der Waals surface area contributed by atoms with Crippen LogP contribution in [0.4, 0.5) is 0 Å². The fourth-order valence-electron chi connectivity index (χ4n) is 1.86. The molecule has 0 saturated carbocycles. The van der Waals surface area contributed by atoms with Crippen molar-refractivity contribution in [3.05, 3.63) is 11.7 Å². The summed E-state index contributed by atoms with van der Waals surface area (Å²) in [4.78, 5) is 17.3. The van der Waals surface area contributed by atoms with Crippen LogP contribution in [-0.2, 0) is 11.2 Å². The number of likely N-dealkylation sites (N-methyl/N-ethyl adjacent to an activating group) is 1. The third-order valence-electron chi connectivity index (χ3n) is 2.64. The Morgan fingerprint density at radius 2 is 2.47 bits per heavy atom. The first kappa shape index (κ1) is 10.3. The van der Waals surface area contributed by atoms with E-state index in [2.05, 4.69) is 22.1 Å². The summed E-state index contributed by atoms with van der Waals surface area (Å²) >= 11 is 0. The molecule has 15 heavy (non-hydrogen) atoms. The first-order chi connectivity index (χ1) is 7.15. The monoisotopic (exact) mass is 209 g/mol. The highest BCUT2D eigenvalue weighted by molar-refractivity contribution is 5.77. The van der Waals surface area contributed by atoms with Crippen LogP contribution in [0.2, 0.25) is 0 Å². The van der Waals surface area contributed by atoms with Crippen molar-refractivity contribution < 1.29 is 9.32 Å². The van der Waals surface area contributed by atoms with Crippen molar-refractivity contribution in [3.63, 3.8) is 0 Å². The van der Waals surface area contributed by atoms with E-state index in [1.54, 1.807) is 0 Å². The number of nitrogens with zero attached hydrogens (tertiary/aromatic N) is 3. The Balaban J connectivity index is 2.03. The van der Waals surface area contributed by atoms with Crippen LogP contribution in [0.1, 0.15) is 31.0 Å². The minimum atomic E-state index is 0.0498. The predicted molar refractivity (Wildman–Crippen MR) is 53.5 cm³/mol. The van der Waals surface area contributed by atoms with Crippen LogP contribution in [0, 0.1) is 0 Å². The molecular weight excluding hydrogens is 194 g/mol. The van der Waals surface area contributed by atoms with Crippen molar-refractivity contribution in [2.24, 2.45) is 0 Å². The summed E-state index contributed by atoms with van der Waals surface area (Å²) in [5, 5.41) is 3.92. The average molecular weight is 209 g/mol. The Morgan fingerprint density at radius 3 is 3.07 bits per heavy atom. The normalized spacial score (nSPS) is 22.1. The quantitative estimate of drug-likeness (QED) is 0.730. The Kier molecular flexibility index (Phi) is 2.81. The van der Waals surface area contributed by atoms with Crippen LogP contribution in [0.5, 0.6) is 0 Å². The minimum absolute atomic E-state index is 0.0498. The highest BCUT2D eigenvalue weighted by Gasteiger charge is 2.25. The third-order valence-corrected chi connectivity index (χ3v) is 2.64. The van der Waals surface area contributed by atoms with Gasteiger partial charge in [0.05, 0.1) is 6.42 Å². The van der Waals surface area contributed by atoms with Gasteiger partial charge in [0.2, 0.25) is 5.89 Å². The van der Waals surface area contributed by atoms with Crippen molar-refractivity contribution in [3.8, 4) is 0 Å². The van der Waals surface area contributed by atoms with Crippen LogP contribution >= 0.6 is 0 Å². The molecule has 1 aromatic heterocycles. The molecule has 82 valence electrons. The number of carbonyl (C=O) groups excluding carboxylic acids is 1. The second kappa shape index (κ2) is 4.10. The zero-order chi connectivity index (χ0) is 10.8. The average Bonchev–Trinajstić information content (AvgIpc) is 2.72. The number of hydrogen-bond acceptors (Lipinski definition) is 5. The van der Waals surface area contributed by atoms with E-state index in [1.807, 2.05) is 0 Å². The molecule has 0 radical (unpaired) electrons. The fourth-order valence-corrected chi connectivity index (χ4v) is 1.86. The van der Waals surface area contributed by atoms with Crippen molar-refractivity contribution >= 4 is 5.78 Å². The summed E-state index contributed by atoms with van der Waals surface area (Å²) in [5.41, 5.74) is 0. The van der Waals surface area contributed by atoms with Gasteiger partial charge in [-0.1, -0.05) is 5.16 Å². The van der Waals surface area contributed by atoms with Crippen LogP contribution < -0.4 is 0 Å². The van der Waals surface area contributed by atoms with E-state index in [1.165, 1.54) is 6.92 Å². The minimum Gasteiger partial charge on any atom is -0.339 e. The van der Waals surface area contributed by atoms with E-state index in [0.717, 1.165) is 25.3 Å². The van der Waals surface area contributed by atoms with Gasteiger partial charge in [-0.2, -0.15) is 4.98 Å². The molecule has 0 aromatic carbocycles.